The van der Waals surface area contributed by atoms with Crippen LogP contribution in [0.5, 0.6) is 0 Å². The van der Waals surface area contributed by atoms with E-state index in [9.17, 15) is 8.42 Å². The third kappa shape index (κ3) is 2.73. The van der Waals surface area contributed by atoms with Crippen LogP contribution in [0, 0.1) is 5.41 Å². The van der Waals surface area contributed by atoms with Crippen LogP contribution in [0.2, 0.25) is 0 Å². The smallest absolute Gasteiger partial charge is 0.147 e. The lowest BCUT2D eigenvalue weighted by molar-refractivity contribution is 0.489. The van der Waals surface area contributed by atoms with Crippen molar-refractivity contribution in [3.05, 3.63) is 0 Å². The summed E-state index contributed by atoms with van der Waals surface area (Å²) in [5.41, 5.74) is 0.295. The van der Waals surface area contributed by atoms with E-state index in [0.717, 1.165) is 6.42 Å². The van der Waals surface area contributed by atoms with Crippen molar-refractivity contribution in [1.29, 1.82) is 0 Å². The predicted molar refractivity (Wildman–Crippen MR) is 54.4 cm³/mol. The van der Waals surface area contributed by atoms with Crippen LogP contribution in [0.1, 0.15) is 26.2 Å². The van der Waals surface area contributed by atoms with Crippen LogP contribution in [-0.4, -0.2) is 25.3 Å². The number of alkyl halides is 1. The van der Waals surface area contributed by atoms with Gasteiger partial charge in [0.1, 0.15) is 9.84 Å². The standard InChI is InChI=1S/C8H15BrO2S/c1-7(9)8(3-4-8)5-6-12(2,10)11/h7H,3-6H2,1-2H3. The fourth-order valence-electron chi connectivity index (χ4n) is 1.40. The van der Waals surface area contributed by atoms with E-state index in [-0.39, 0.29) is 0 Å². The van der Waals surface area contributed by atoms with Crippen molar-refractivity contribution >= 4 is 25.8 Å². The monoisotopic (exact) mass is 254 g/mol. The third-order valence-corrected chi connectivity index (χ3v) is 4.62. The molecule has 0 N–H and O–H groups in total. The molecule has 1 saturated carbocycles. The molecule has 0 bridgehead atoms. The zero-order valence-corrected chi connectivity index (χ0v) is 9.91. The average molecular weight is 255 g/mol. The SMILES string of the molecule is CC(Br)C1(CCS(C)(=O)=O)CC1. The summed E-state index contributed by atoms with van der Waals surface area (Å²) in [6, 6.07) is 0. The largest absolute Gasteiger partial charge is 0.229 e. The first-order valence-corrected chi connectivity index (χ1v) is 7.15. The normalized spacial score (nSPS) is 23.6. The Labute approximate surface area is 82.8 Å². The van der Waals surface area contributed by atoms with Crippen molar-refractivity contribution < 1.29 is 8.42 Å². The van der Waals surface area contributed by atoms with Crippen LogP contribution in [0.4, 0.5) is 0 Å². The van der Waals surface area contributed by atoms with Gasteiger partial charge in [0.05, 0.1) is 5.75 Å². The van der Waals surface area contributed by atoms with Crippen LogP contribution < -0.4 is 0 Å². The summed E-state index contributed by atoms with van der Waals surface area (Å²) in [5, 5.41) is 0. The molecule has 0 aliphatic heterocycles. The minimum absolute atomic E-state index is 0.295. The topological polar surface area (TPSA) is 34.1 Å². The van der Waals surface area contributed by atoms with Crippen LogP contribution in [0.15, 0.2) is 0 Å². The number of hydrogen-bond donors (Lipinski definition) is 0. The lowest BCUT2D eigenvalue weighted by Gasteiger charge is -2.16. The molecular weight excluding hydrogens is 240 g/mol. The van der Waals surface area contributed by atoms with Gasteiger partial charge in [0, 0.05) is 11.1 Å². The summed E-state index contributed by atoms with van der Waals surface area (Å²) < 4.78 is 21.8. The summed E-state index contributed by atoms with van der Waals surface area (Å²) in [4.78, 5) is 0.451. The summed E-state index contributed by atoms with van der Waals surface area (Å²) in [6.07, 6.45) is 4.48. The van der Waals surface area contributed by atoms with E-state index in [4.69, 9.17) is 0 Å². The molecule has 1 rings (SSSR count). The second kappa shape index (κ2) is 3.29. The Morgan fingerprint density at radius 3 is 2.25 bits per heavy atom. The highest BCUT2D eigenvalue weighted by atomic mass is 79.9. The summed E-state index contributed by atoms with van der Waals surface area (Å²) >= 11 is 3.53. The average Bonchev–Trinajstić information content (AvgIpc) is 2.61. The lowest BCUT2D eigenvalue weighted by Crippen LogP contribution is -2.17. The molecule has 72 valence electrons. The lowest BCUT2D eigenvalue weighted by atomic mass is 10.0. The van der Waals surface area contributed by atoms with Crippen molar-refractivity contribution in [2.75, 3.05) is 12.0 Å². The first-order chi connectivity index (χ1) is 5.36. The van der Waals surface area contributed by atoms with Gasteiger partial charge in [0.15, 0.2) is 0 Å². The van der Waals surface area contributed by atoms with Gasteiger partial charge in [-0.15, -0.1) is 0 Å². The van der Waals surface area contributed by atoms with Crippen LogP contribution >= 0.6 is 15.9 Å². The molecule has 0 aromatic heterocycles. The van der Waals surface area contributed by atoms with E-state index < -0.39 is 9.84 Å². The highest BCUT2D eigenvalue weighted by molar-refractivity contribution is 9.09. The summed E-state index contributed by atoms with van der Waals surface area (Å²) in [6.45, 7) is 2.11. The van der Waals surface area contributed by atoms with Gasteiger partial charge < -0.3 is 0 Å². The first-order valence-electron chi connectivity index (χ1n) is 4.18. The molecule has 0 heterocycles. The zero-order chi connectivity index (χ0) is 9.41. The molecule has 1 unspecified atom stereocenters. The minimum atomic E-state index is -2.77. The van der Waals surface area contributed by atoms with Gasteiger partial charge in [-0.1, -0.05) is 22.9 Å². The van der Waals surface area contributed by atoms with E-state index in [1.54, 1.807) is 0 Å². The van der Waals surface area contributed by atoms with E-state index in [1.165, 1.54) is 19.1 Å². The van der Waals surface area contributed by atoms with Crippen molar-refractivity contribution in [2.45, 2.75) is 31.0 Å². The highest BCUT2D eigenvalue weighted by Crippen LogP contribution is 2.54. The van der Waals surface area contributed by atoms with Crippen LogP contribution in [-0.2, 0) is 9.84 Å². The molecule has 12 heavy (non-hydrogen) atoms. The molecule has 4 heteroatoms. The number of halogens is 1. The van der Waals surface area contributed by atoms with Gasteiger partial charge in [0.2, 0.25) is 0 Å². The maximum absolute atomic E-state index is 10.9. The molecule has 1 aliphatic carbocycles. The fourth-order valence-corrected chi connectivity index (χ4v) is 2.86. The van der Waals surface area contributed by atoms with Gasteiger partial charge in [-0.25, -0.2) is 8.42 Å². The zero-order valence-electron chi connectivity index (χ0n) is 7.51. The highest BCUT2D eigenvalue weighted by Gasteiger charge is 2.46. The summed E-state index contributed by atoms with van der Waals surface area (Å²) in [7, 11) is -2.77. The molecule has 0 saturated heterocycles. The van der Waals surface area contributed by atoms with Crippen molar-refractivity contribution in [2.24, 2.45) is 5.41 Å². The molecule has 0 aromatic rings. The number of rotatable bonds is 4. The summed E-state index contributed by atoms with van der Waals surface area (Å²) in [5.74, 6) is 0.336. The van der Waals surface area contributed by atoms with Crippen LogP contribution in [0.25, 0.3) is 0 Å². The fraction of sp³-hybridized carbons (Fsp3) is 1.00. The van der Waals surface area contributed by atoms with E-state index in [1.807, 2.05) is 0 Å². The Morgan fingerprint density at radius 1 is 1.50 bits per heavy atom. The van der Waals surface area contributed by atoms with Gasteiger partial charge in [-0.3, -0.25) is 0 Å². The van der Waals surface area contributed by atoms with Crippen LogP contribution in [0.3, 0.4) is 0 Å². The Kier molecular flexibility index (Phi) is 2.88. The second-order valence-corrected chi connectivity index (χ2v) is 7.49. The van der Waals surface area contributed by atoms with Gasteiger partial charge in [-0.05, 0) is 24.7 Å². The Morgan fingerprint density at radius 2 is 2.00 bits per heavy atom. The molecule has 1 aliphatic rings. The Bertz CT molecular complexity index is 252. The molecule has 0 spiro atoms. The van der Waals surface area contributed by atoms with Crippen molar-refractivity contribution in [3.8, 4) is 0 Å². The van der Waals surface area contributed by atoms with E-state index in [0.29, 0.717) is 16.0 Å². The maximum atomic E-state index is 10.9. The molecule has 0 aromatic carbocycles. The molecular formula is C8H15BrO2S. The first kappa shape index (κ1) is 10.5. The second-order valence-electron chi connectivity index (χ2n) is 3.86. The minimum Gasteiger partial charge on any atom is -0.229 e. The predicted octanol–water partition coefficient (Wildman–Crippen LogP) is 1.98. The number of sulfone groups is 1. The van der Waals surface area contributed by atoms with Gasteiger partial charge in [0.25, 0.3) is 0 Å². The molecule has 0 amide bonds. The van der Waals surface area contributed by atoms with Gasteiger partial charge >= 0.3 is 0 Å². The molecule has 0 radical (unpaired) electrons. The van der Waals surface area contributed by atoms with Crippen molar-refractivity contribution in [3.63, 3.8) is 0 Å². The van der Waals surface area contributed by atoms with Gasteiger partial charge in [-0.2, -0.15) is 0 Å². The molecule has 1 atom stereocenters. The van der Waals surface area contributed by atoms with E-state index in [2.05, 4.69) is 22.9 Å². The quantitative estimate of drug-likeness (QED) is 0.720. The maximum Gasteiger partial charge on any atom is 0.147 e. The number of hydrogen-bond acceptors (Lipinski definition) is 2. The Balaban J connectivity index is 2.43. The Hall–Kier alpha value is 0.430. The molecule has 1 fully saturated rings. The van der Waals surface area contributed by atoms with Crippen molar-refractivity contribution in [1.82, 2.24) is 0 Å². The third-order valence-electron chi connectivity index (χ3n) is 2.71. The van der Waals surface area contributed by atoms with E-state index >= 15 is 0 Å². The molecule has 2 nitrogen and oxygen atoms in total.